The van der Waals surface area contributed by atoms with E-state index in [9.17, 15) is 29.8 Å². The number of aromatic nitrogens is 2. The van der Waals surface area contributed by atoms with Crippen LogP contribution in [-0.2, 0) is 6.54 Å². The molecule has 1 aliphatic rings. The van der Waals surface area contributed by atoms with Crippen molar-refractivity contribution in [3.63, 3.8) is 0 Å². The van der Waals surface area contributed by atoms with Crippen molar-refractivity contribution < 1.29 is 9.85 Å². The number of piperidine rings is 1. The van der Waals surface area contributed by atoms with E-state index in [0.717, 1.165) is 21.3 Å². The molecule has 0 saturated carbocycles. The minimum absolute atomic E-state index is 0. The van der Waals surface area contributed by atoms with Crippen LogP contribution in [-0.4, -0.2) is 32.1 Å². The predicted octanol–water partition coefficient (Wildman–Crippen LogP) is 1.50. The summed E-state index contributed by atoms with van der Waals surface area (Å²) in [5.74, 6) is 0. The third kappa shape index (κ3) is 3.49. The SMILES string of the molecule is Br.CCn1c(=O)n(C2CCNCC2)c(=O)c2cc([N+](=O)[O-])cc([N+](=O)[O-])c21. The van der Waals surface area contributed by atoms with Crippen molar-refractivity contribution in [2.45, 2.75) is 32.4 Å². The van der Waals surface area contributed by atoms with Crippen LogP contribution in [0.5, 0.6) is 0 Å². The summed E-state index contributed by atoms with van der Waals surface area (Å²) in [5.41, 5.74) is -2.72. The first-order chi connectivity index (χ1) is 12.4. The van der Waals surface area contributed by atoms with E-state index in [1.165, 1.54) is 0 Å². The van der Waals surface area contributed by atoms with E-state index < -0.39 is 32.5 Å². The normalized spacial score (nSPS) is 14.7. The third-order valence-corrected chi connectivity index (χ3v) is 4.63. The highest BCUT2D eigenvalue weighted by Gasteiger charge is 2.28. The molecule has 1 saturated heterocycles. The van der Waals surface area contributed by atoms with Gasteiger partial charge in [0.2, 0.25) is 0 Å². The van der Waals surface area contributed by atoms with Gasteiger partial charge in [0.25, 0.3) is 11.2 Å². The Morgan fingerprint density at radius 1 is 1.15 bits per heavy atom. The highest BCUT2D eigenvalue weighted by Crippen LogP contribution is 2.29. The number of hydrogen-bond donors (Lipinski definition) is 1. The number of nitrogens with zero attached hydrogens (tertiary/aromatic N) is 4. The first-order valence-corrected chi connectivity index (χ1v) is 8.19. The molecular weight excluding hydrogens is 426 g/mol. The Morgan fingerprint density at radius 3 is 2.30 bits per heavy atom. The van der Waals surface area contributed by atoms with E-state index >= 15 is 0 Å². The zero-order chi connectivity index (χ0) is 19.0. The van der Waals surface area contributed by atoms with E-state index in [0.29, 0.717) is 25.9 Å². The number of non-ortho nitro benzene ring substituents is 2. The molecule has 27 heavy (non-hydrogen) atoms. The molecular formula is C15H18BrN5O6. The fourth-order valence-electron chi connectivity index (χ4n) is 3.42. The molecule has 2 aromatic rings. The molecule has 1 N–H and O–H groups in total. The van der Waals surface area contributed by atoms with Crippen LogP contribution in [0, 0.1) is 20.2 Å². The highest BCUT2D eigenvalue weighted by molar-refractivity contribution is 8.93. The van der Waals surface area contributed by atoms with Crippen molar-refractivity contribution in [2.75, 3.05) is 13.1 Å². The van der Waals surface area contributed by atoms with Crippen LogP contribution in [0.4, 0.5) is 11.4 Å². The van der Waals surface area contributed by atoms with Gasteiger partial charge in [-0.3, -0.25) is 34.2 Å². The molecule has 11 nitrogen and oxygen atoms in total. The zero-order valence-corrected chi connectivity index (χ0v) is 16.1. The molecule has 1 aromatic heterocycles. The largest absolute Gasteiger partial charge is 0.331 e. The van der Waals surface area contributed by atoms with Gasteiger partial charge in [-0.15, -0.1) is 17.0 Å². The van der Waals surface area contributed by atoms with Crippen LogP contribution in [0.1, 0.15) is 25.8 Å². The lowest BCUT2D eigenvalue weighted by Gasteiger charge is -2.25. The van der Waals surface area contributed by atoms with Crippen LogP contribution in [0.15, 0.2) is 21.7 Å². The van der Waals surface area contributed by atoms with Crippen LogP contribution in [0.2, 0.25) is 0 Å². The molecule has 1 aromatic carbocycles. The number of benzene rings is 1. The lowest BCUT2D eigenvalue weighted by Crippen LogP contribution is -2.45. The zero-order valence-electron chi connectivity index (χ0n) is 14.4. The molecule has 0 atom stereocenters. The summed E-state index contributed by atoms with van der Waals surface area (Å²) in [6, 6.07) is 1.44. The minimum atomic E-state index is -0.810. The Balaban J connectivity index is 0.00000261. The van der Waals surface area contributed by atoms with Crippen molar-refractivity contribution in [2.24, 2.45) is 0 Å². The smallest absolute Gasteiger partial charge is 0.317 e. The van der Waals surface area contributed by atoms with Crippen molar-refractivity contribution in [1.82, 2.24) is 14.5 Å². The van der Waals surface area contributed by atoms with Crippen LogP contribution < -0.4 is 16.6 Å². The van der Waals surface area contributed by atoms with Gasteiger partial charge in [0.1, 0.15) is 5.52 Å². The van der Waals surface area contributed by atoms with Crippen molar-refractivity contribution in [3.05, 3.63) is 53.2 Å². The first-order valence-electron chi connectivity index (χ1n) is 8.19. The monoisotopic (exact) mass is 443 g/mol. The highest BCUT2D eigenvalue weighted by atomic mass is 79.9. The molecule has 1 fully saturated rings. The van der Waals surface area contributed by atoms with Gasteiger partial charge in [-0.25, -0.2) is 4.79 Å². The van der Waals surface area contributed by atoms with E-state index in [1.807, 2.05) is 0 Å². The van der Waals surface area contributed by atoms with Crippen LogP contribution >= 0.6 is 17.0 Å². The van der Waals surface area contributed by atoms with E-state index in [1.54, 1.807) is 6.92 Å². The van der Waals surface area contributed by atoms with Gasteiger partial charge in [-0.05, 0) is 32.9 Å². The summed E-state index contributed by atoms with van der Waals surface area (Å²) in [6.45, 7) is 2.99. The number of fused-ring (bicyclic) bond motifs is 1. The third-order valence-electron chi connectivity index (χ3n) is 4.63. The predicted molar refractivity (Wildman–Crippen MR) is 103 cm³/mol. The van der Waals surface area contributed by atoms with E-state index in [4.69, 9.17) is 0 Å². The molecule has 0 aliphatic carbocycles. The molecule has 0 bridgehead atoms. The summed E-state index contributed by atoms with van der Waals surface area (Å²) >= 11 is 0. The molecule has 0 radical (unpaired) electrons. The standard InChI is InChI=1S/C15H17N5O6.BrH/c1-2-17-13-11(7-10(19(23)24)8-12(13)20(25)26)14(21)18(15(17)22)9-3-5-16-6-4-9;/h7-9,16H,2-6H2,1H3;1H. The van der Waals surface area contributed by atoms with Crippen LogP contribution in [0.25, 0.3) is 10.9 Å². The van der Waals surface area contributed by atoms with Gasteiger partial charge in [-0.2, -0.15) is 0 Å². The average molecular weight is 444 g/mol. The number of halogens is 1. The van der Waals surface area contributed by atoms with E-state index in [2.05, 4.69) is 5.32 Å². The van der Waals surface area contributed by atoms with Gasteiger partial charge in [0.05, 0.1) is 21.3 Å². The Morgan fingerprint density at radius 2 is 1.78 bits per heavy atom. The lowest BCUT2D eigenvalue weighted by molar-refractivity contribution is -0.393. The topological polar surface area (TPSA) is 142 Å². The summed E-state index contributed by atoms with van der Waals surface area (Å²) < 4.78 is 2.22. The number of hydrogen-bond acceptors (Lipinski definition) is 7. The van der Waals surface area contributed by atoms with Gasteiger partial charge in [-0.1, -0.05) is 0 Å². The Bertz CT molecular complexity index is 1020. The lowest BCUT2D eigenvalue weighted by atomic mass is 10.1. The summed E-state index contributed by atoms with van der Waals surface area (Å²) in [4.78, 5) is 46.8. The van der Waals surface area contributed by atoms with Gasteiger partial charge in [0.15, 0.2) is 0 Å². The molecule has 0 amide bonds. The quantitative estimate of drug-likeness (QED) is 0.556. The number of aryl methyl sites for hydroxylation is 1. The number of rotatable bonds is 4. The fourth-order valence-corrected chi connectivity index (χ4v) is 3.42. The maximum atomic E-state index is 13.0. The summed E-state index contributed by atoms with van der Waals surface area (Å²) in [5, 5.41) is 25.5. The van der Waals surface area contributed by atoms with Crippen LogP contribution in [0.3, 0.4) is 0 Å². The Kier molecular flexibility index (Phi) is 6.11. The molecule has 0 spiro atoms. The first kappa shape index (κ1) is 20.7. The minimum Gasteiger partial charge on any atom is -0.317 e. The van der Waals surface area contributed by atoms with Crippen molar-refractivity contribution in [3.8, 4) is 0 Å². The van der Waals surface area contributed by atoms with Gasteiger partial charge < -0.3 is 5.32 Å². The molecule has 12 heteroatoms. The fraction of sp³-hybridized carbons (Fsp3) is 0.467. The molecule has 0 unspecified atom stereocenters. The van der Waals surface area contributed by atoms with Crippen molar-refractivity contribution in [1.29, 1.82) is 0 Å². The Labute approximate surface area is 162 Å². The second-order valence-corrected chi connectivity index (χ2v) is 6.06. The number of nitro groups is 2. The van der Waals surface area contributed by atoms with Crippen molar-refractivity contribution >= 4 is 39.3 Å². The number of nitrogens with one attached hydrogen (secondary N) is 1. The summed E-state index contributed by atoms with van der Waals surface area (Å²) in [6.07, 6.45) is 1.11. The van der Waals surface area contributed by atoms with Gasteiger partial charge in [0, 0.05) is 18.7 Å². The number of nitro benzene ring substituents is 2. The molecule has 3 rings (SSSR count). The molecule has 1 aliphatic heterocycles. The second-order valence-electron chi connectivity index (χ2n) is 6.06. The van der Waals surface area contributed by atoms with E-state index in [-0.39, 0.29) is 40.5 Å². The Hall–Kier alpha value is -2.60. The summed E-state index contributed by atoms with van der Waals surface area (Å²) in [7, 11) is 0. The second kappa shape index (κ2) is 7.96. The van der Waals surface area contributed by atoms with Gasteiger partial charge >= 0.3 is 11.4 Å². The molecule has 146 valence electrons. The molecule has 2 heterocycles. The average Bonchev–Trinajstić information content (AvgIpc) is 2.62. The maximum absolute atomic E-state index is 13.0. The maximum Gasteiger partial charge on any atom is 0.331 e.